The smallest absolute Gasteiger partial charge is 0.240 e. The van der Waals surface area contributed by atoms with Crippen LogP contribution >= 0.6 is 0 Å². The van der Waals surface area contributed by atoms with Gasteiger partial charge in [-0.2, -0.15) is 0 Å². The Hall–Kier alpha value is -1.44. The normalized spacial score (nSPS) is 11.7. The molecule has 0 unspecified atom stereocenters. The molecule has 1 rings (SSSR count). The Morgan fingerprint density at radius 1 is 1.25 bits per heavy atom. The summed E-state index contributed by atoms with van der Waals surface area (Å²) >= 11 is 0. The van der Waals surface area contributed by atoms with Gasteiger partial charge in [0.2, 0.25) is 20.0 Å². The SMILES string of the molecule is NS(=O)(=O)CCNS(=O)(=O)c1cccc(C#CCO)c1. The van der Waals surface area contributed by atoms with Gasteiger partial charge in [-0.1, -0.05) is 17.9 Å². The van der Waals surface area contributed by atoms with Crippen molar-refractivity contribution in [1.29, 1.82) is 0 Å². The molecule has 7 nitrogen and oxygen atoms in total. The molecule has 0 bridgehead atoms. The maximum Gasteiger partial charge on any atom is 0.240 e. The number of rotatable bonds is 5. The maximum absolute atomic E-state index is 11.9. The van der Waals surface area contributed by atoms with E-state index in [0.29, 0.717) is 5.56 Å². The number of primary sulfonamides is 1. The lowest BCUT2D eigenvalue weighted by molar-refractivity contribution is 0.350. The molecule has 9 heteroatoms. The fourth-order valence-corrected chi connectivity index (χ4v) is 2.88. The summed E-state index contributed by atoms with van der Waals surface area (Å²) < 4.78 is 47.4. The summed E-state index contributed by atoms with van der Waals surface area (Å²) in [5.41, 5.74) is 0.424. The molecule has 0 atom stereocenters. The molecule has 0 aliphatic heterocycles. The van der Waals surface area contributed by atoms with Crippen LogP contribution in [0.5, 0.6) is 0 Å². The van der Waals surface area contributed by atoms with Crippen LogP contribution in [0, 0.1) is 11.8 Å². The predicted molar refractivity (Wildman–Crippen MR) is 73.6 cm³/mol. The molecule has 0 aliphatic rings. The molecule has 110 valence electrons. The van der Waals surface area contributed by atoms with Gasteiger partial charge >= 0.3 is 0 Å². The number of benzene rings is 1. The van der Waals surface area contributed by atoms with Gasteiger partial charge in [0, 0.05) is 12.1 Å². The molecular formula is C11H14N2O5S2. The molecule has 0 aromatic heterocycles. The summed E-state index contributed by atoms with van der Waals surface area (Å²) in [6.45, 7) is -0.642. The van der Waals surface area contributed by atoms with Gasteiger partial charge in [-0.3, -0.25) is 0 Å². The van der Waals surface area contributed by atoms with Gasteiger partial charge in [0.1, 0.15) is 6.61 Å². The second-order valence-corrected chi connectivity index (χ2v) is 7.25. The van der Waals surface area contributed by atoms with Crippen LogP contribution in [-0.4, -0.2) is 40.8 Å². The monoisotopic (exact) mass is 318 g/mol. The number of aliphatic hydroxyl groups is 1. The fraction of sp³-hybridized carbons (Fsp3) is 0.273. The van der Waals surface area contributed by atoms with E-state index in [1.807, 2.05) is 0 Å². The second-order valence-electron chi connectivity index (χ2n) is 3.75. The van der Waals surface area contributed by atoms with Crippen molar-refractivity contribution in [2.24, 2.45) is 5.14 Å². The van der Waals surface area contributed by atoms with Crippen molar-refractivity contribution in [3.05, 3.63) is 29.8 Å². The summed E-state index contributed by atoms with van der Waals surface area (Å²) in [5, 5.41) is 13.4. The summed E-state index contributed by atoms with van der Waals surface area (Å²) in [6.07, 6.45) is 0. The van der Waals surface area contributed by atoms with Gasteiger partial charge in [0.15, 0.2) is 0 Å². The van der Waals surface area contributed by atoms with Gasteiger partial charge in [-0.05, 0) is 18.2 Å². The third-order valence-electron chi connectivity index (χ3n) is 2.13. The zero-order chi connectivity index (χ0) is 15.2. The van der Waals surface area contributed by atoms with Gasteiger partial charge in [-0.25, -0.2) is 26.7 Å². The van der Waals surface area contributed by atoms with Crippen LogP contribution in [0.2, 0.25) is 0 Å². The van der Waals surface area contributed by atoms with E-state index in [0.717, 1.165) is 0 Å². The number of nitrogens with one attached hydrogen (secondary N) is 1. The highest BCUT2D eigenvalue weighted by Gasteiger charge is 2.14. The van der Waals surface area contributed by atoms with E-state index in [-0.39, 0.29) is 18.0 Å². The van der Waals surface area contributed by atoms with E-state index in [4.69, 9.17) is 10.2 Å². The number of nitrogens with two attached hydrogens (primary N) is 1. The maximum atomic E-state index is 11.9. The van der Waals surface area contributed by atoms with Crippen molar-refractivity contribution < 1.29 is 21.9 Å². The van der Waals surface area contributed by atoms with Crippen LogP contribution < -0.4 is 9.86 Å². The first kappa shape index (κ1) is 16.6. The van der Waals surface area contributed by atoms with Crippen molar-refractivity contribution in [1.82, 2.24) is 4.72 Å². The molecule has 0 saturated heterocycles. The minimum Gasteiger partial charge on any atom is -0.384 e. The Labute approximate surface area is 117 Å². The molecule has 0 spiro atoms. The van der Waals surface area contributed by atoms with E-state index < -0.39 is 25.8 Å². The van der Waals surface area contributed by atoms with E-state index in [9.17, 15) is 16.8 Å². The Bertz CT molecular complexity index is 730. The Morgan fingerprint density at radius 2 is 1.95 bits per heavy atom. The molecule has 1 aromatic rings. The molecule has 4 N–H and O–H groups in total. The van der Waals surface area contributed by atoms with Crippen LogP contribution in [0.25, 0.3) is 0 Å². The quantitative estimate of drug-likeness (QED) is 0.575. The van der Waals surface area contributed by atoms with Gasteiger partial charge in [0.25, 0.3) is 0 Å². The summed E-state index contributed by atoms with van der Waals surface area (Å²) in [4.78, 5) is -0.0448. The van der Waals surface area contributed by atoms with E-state index in [1.165, 1.54) is 18.2 Å². The van der Waals surface area contributed by atoms with Crippen molar-refractivity contribution in [3.8, 4) is 11.8 Å². The number of hydrogen-bond acceptors (Lipinski definition) is 5. The number of aliphatic hydroxyl groups excluding tert-OH is 1. The minimum absolute atomic E-state index is 0.0448. The predicted octanol–water partition coefficient (Wildman–Crippen LogP) is -1.40. The molecule has 0 radical (unpaired) electrons. The highest BCUT2D eigenvalue weighted by molar-refractivity contribution is 7.90. The lowest BCUT2D eigenvalue weighted by Gasteiger charge is -2.06. The van der Waals surface area contributed by atoms with Crippen molar-refractivity contribution in [2.75, 3.05) is 18.9 Å². The Balaban J connectivity index is 2.87. The van der Waals surface area contributed by atoms with Gasteiger partial charge < -0.3 is 5.11 Å². The van der Waals surface area contributed by atoms with E-state index >= 15 is 0 Å². The standard InChI is InChI=1S/C11H14N2O5S2/c12-19(15,16)8-6-13-20(17,18)11-5-1-3-10(9-11)4-2-7-14/h1,3,5,9,13-14H,6-8H2,(H2,12,15,16). The highest BCUT2D eigenvalue weighted by Crippen LogP contribution is 2.10. The first-order valence-corrected chi connectivity index (χ1v) is 8.64. The van der Waals surface area contributed by atoms with Crippen molar-refractivity contribution in [2.45, 2.75) is 4.90 Å². The topological polar surface area (TPSA) is 127 Å². The van der Waals surface area contributed by atoms with Crippen LogP contribution in [0.3, 0.4) is 0 Å². The summed E-state index contributed by atoms with van der Waals surface area (Å²) in [7, 11) is -7.56. The molecule has 20 heavy (non-hydrogen) atoms. The lowest BCUT2D eigenvalue weighted by Crippen LogP contribution is -2.31. The average Bonchev–Trinajstić information content (AvgIpc) is 2.35. The van der Waals surface area contributed by atoms with Crippen LogP contribution in [0.15, 0.2) is 29.2 Å². The highest BCUT2D eigenvalue weighted by atomic mass is 32.2. The molecule has 0 amide bonds. The third-order valence-corrected chi connectivity index (χ3v) is 4.37. The summed E-state index contributed by atoms with van der Waals surface area (Å²) in [6, 6.07) is 5.76. The average molecular weight is 318 g/mol. The largest absolute Gasteiger partial charge is 0.384 e. The van der Waals surface area contributed by atoms with Crippen molar-refractivity contribution in [3.63, 3.8) is 0 Å². The lowest BCUT2D eigenvalue weighted by atomic mass is 10.2. The van der Waals surface area contributed by atoms with Gasteiger partial charge in [-0.15, -0.1) is 0 Å². The number of hydrogen-bond donors (Lipinski definition) is 3. The zero-order valence-electron chi connectivity index (χ0n) is 10.4. The van der Waals surface area contributed by atoms with Gasteiger partial charge in [0.05, 0.1) is 10.6 Å². The molecule has 0 heterocycles. The number of sulfonamides is 2. The first-order valence-electron chi connectivity index (χ1n) is 5.44. The second kappa shape index (κ2) is 6.83. The van der Waals surface area contributed by atoms with Crippen LogP contribution in [0.1, 0.15) is 5.56 Å². The molecule has 0 saturated carbocycles. The first-order chi connectivity index (χ1) is 9.24. The van der Waals surface area contributed by atoms with Crippen LogP contribution in [0.4, 0.5) is 0 Å². The van der Waals surface area contributed by atoms with E-state index in [1.54, 1.807) is 6.07 Å². The van der Waals surface area contributed by atoms with E-state index in [2.05, 4.69) is 16.6 Å². The zero-order valence-corrected chi connectivity index (χ0v) is 12.0. The fourth-order valence-electron chi connectivity index (χ4n) is 1.28. The third kappa shape index (κ3) is 5.68. The molecular weight excluding hydrogens is 304 g/mol. The molecule has 1 aromatic carbocycles. The minimum atomic E-state index is -3.83. The Morgan fingerprint density at radius 3 is 2.55 bits per heavy atom. The summed E-state index contributed by atoms with van der Waals surface area (Å²) in [5.74, 6) is 4.49. The molecule has 0 fully saturated rings. The van der Waals surface area contributed by atoms with Crippen LogP contribution in [-0.2, 0) is 20.0 Å². The van der Waals surface area contributed by atoms with Crippen molar-refractivity contribution >= 4 is 20.0 Å². The Kier molecular flexibility index (Phi) is 5.67. The molecule has 0 aliphatic carbocycles.